The summed E-state index contributed by atoms with van der Waals surface area (Å²) in [6, 6.07) is 6.20. The van der Waals surface area contributed by atoms with Crippen LogP contribution in [0.3, 0.4) is 0 Å². The molecule has 0 aliphatic carbocycles. The first-order valence-electron chi connectivity index (χ1n) is 9.55. The molecule has 0 spiro atoms. The fourth-order valence-electron chi connectivity index (χ4n) is 3.32. The van der Waals surface area contributed by atoms with Gasteiger partial charge in [0.2, 0.25) is 5.03 Å². The monoisotopic (exact) mass is 488 g/mol. The van der Waals surface area contributed by atoms with Gasteiger partial charge in [-0.15, -0.1) is 0 Å². The molecule has 2 aromatic heterocycles. The van der Waals surface area contributed by atoms with Crippen molar-refractivity contribution in [3.63, 3.8) is 0 Å². The highest BCUT2D eigenvalue weighted by Crippen LogP contribution is 2.33. The summed E-state index contributed by atoms with van der Waals surface area (Å²) < 4.78 is 35.9. The largest absolute Gasteiger partial charge is 0.483 e. The molecule has 172 valence electrons. The number of halogens is 1. The number of aromatic nitrogens is 1. The summed E-state index contributed by atoms with van der Waals surface area (Å²) in [7, 11) is -4.21. The minimum Gasteiger partial charge on any atom is -0.483 e. The number of ether oxygens (including phenoxy) is 1. The minimum atomic E-state index is -4.21. The molecule has 0 aliphatic heterocycles. The summed E-state index contributed by atoms with van der Waals surface area (Å²) in [5.41, 5.74) is 1.82. The number of primary sulfonamides is 1. The molecule has 9 nitrogen and oxygen atoms in total. The van der Waals surface area contributed by atoms with Crippen molar-refractivity contribution in [2.45, 2.75) is 31.9 Å². The molecule has 1 unspecified atom stereocenters. The Morgan fingerprint density at radius 2 is 2.00 bits per heavy atom. The van der Waals surface area contributed by atoms with Crippen molar-refractivity contribution < 1.29 is 17.6 Å². The first-order chi connectivity index (χ1) is 15.5. The summed E-state index contributed by atoms with van der Waals surface area (Å²) >= 11 is 5.83. The zero-order valence-corrected chi connectivity index (χ0v) is 19.7. The zero-order valence-electron chi connectivity index (χ0n) is 18.1. The van der Waals surface area contributed by atoms with Gasteiger partial charge in [0.1, 0.15) is 22.5 Å². The van der Waals surface area contributed by atoms with E-state index in [1.54, 1.807) is 26.0 Å². The molecule has 2 heterocycles. The molecule has 3 aromatic rings. The number of aliphatic imine (C=N–C) groups is 2. The molecule has 0 aliphatic rings. The van der Waals surface area contributed by atoms with E-state index in [-0.39, 0.29) is 33.4 Å². The molecule has 1 aromatic carbocycles. The molecular formula is C22H21ClN4O5S. The third-order valence-corrected chi connectivity index (χ3v) is 5.85. The molecule has 0 radical (unpaired) electrons. The van der Waals surface area contributed by atoms with Crippen LogP contribution in [0.5, 0.6) is 5.75 Å². The average molecular weight is 489 g/mol. The second-order valence-corrected chi connectivity index (χ2v) is 9.08. The van der Waals surface area contributed by atoms with E-state index in [0.29, 0.717) is 16.5 Å². The second kappa shape index (κ2) is 9.26. The first-order valence-corrected chi connectivity index (χ1v) is 11.5. The highest BCUT2D eigenvalue weighted by molar-refractivity contribution is 7.89. The van der Waals surface area contributed by atoms with E-state index in [2.05, 4.69) is 28.4 Å². The lowest BCUT2D eigenvalue weighted by atomic mass is 10.0. The van der Waals surface area contributed by atoms with Gasteiger partial charge in [0.15, 0.2) is 16.9 Å². The lowest BCUT2D eigenvalue weighted by molar-refractivity contribution is 0.219. The highest BCUT2D eigenvalue weighted by Gasteiger charge is 2.24. The van der Waals surface area contributed by atoms with Gasteiger partial charge in [0, 0.05) is 11.1 Å². The van der Waals surface area contributed by atoms with E-state index in [0.717, 1.165) is 5.56 Å². The van der Waals surface area contributed by atoms with Gasteiger partial charge in [-0.05, 0) is 64.0 Å². The third-order valence-electron chi connectivity index (χ3n) is 4.81. The number of nitrogens with two attached hydrogens (primary N) is 1. The van der Waals surface area contributed by atoms with Crippen LogP contribution in [-0.2, 0) is 10.0 Å². The fraction of sp³-hybridized carbons (Fsp3) is 0.182. The third kappa shape index (κ3) is 4.87. The maximum absolute atomic E-state index is 13.1. The Labute approximate surface area is 195 Å². The molecule has 0 saturated heterocycles. The molecule has 33 heavy (non-hydrogen) atoms. The first kappa shape index (κ1) is 24.3. The van der Waals surface area contributed by atoms with Crippen LogP contribution in [0.15, 0.2) is 54.7 Å². The van der Waals surface area contributed by atoms with E-state index >= 15 is 0 Å². The van der Waals surface area contributed by atoms with Gasteiger partial charge in [0.05, 0.1) is 11.6 Å². The smallest absolute Gasteiger partial charge is 0.259 e. The molecule has 1 atom stereocenters. The zero-order chi connectivity index (χ0) is 24.5. The Balaban J connectivity index is 2.24. The van der Waals surface area contributed by atoms with Crippen molar-refractivity contribution in [1.29, 1.82) is 0 Å². The van der Waals surface area contributed by atoms with Gasteiger partial charge in [-0.25, -0.2) is 18.5 Å². The van der Waals surface area contributed by atoms with Gasteiger partial charge in [0.25, 0.3) is 10.0 Å². The van der Waals surface area contributed by atoms with Crippen LogP contribution >= 0.6 is 11.6 Å². The number of aryl methyl sites for hydroxylation is 1. The van der Waals surface area contributed by atoms with Crippen LogP contribution in [0.4, 0.5) is 0 Å². The normalized spacial score (nSPS) is 13.1. The minimum absolute atomic E-state index is 0.0572. The average Bonchev–Trinajstić information content (AvgIpc) is 2.75. The Kier molecular flexibility index (Phi) is 6.82. The summed E-state index contributed by atoms with van der Waals surface area (Å²) in [6.45, 7) is 12.0. The molecular weight excluding hydrogens is 468 g/mol. The van der Waals surface area contributed by atoms with Crippen LogP contribution in [0.2, 0.25) is 5.15 Å². The number of hydrogen-bond donors (Lipinski definition) is 1. The Morgan fingerprint density at radius 1 is 1.30 bits per heavy atom. The molecule has 0 saturated carbocycles. The summed E-state index contributed by atoms with van der Waals surface area (Å²) in [6.07, 6.45) is 0.562. The van der Waals surface area contributed by atoms with E-state index in [1.807, 2.05) is 6.92 Å². The quantitative estimate of drug-likeness (QED) is 0.395. The molecule has 11 heteroatoms. The van der Waals surface area contributed by atoms with Gasteiger partial charge in [-0.2, -0.15) is 0 Å². The molecule has 3 rings (SSSR count). The van der Waals surface area contributed by atoms with Crippen molar-refractivity contribution >= 4 is 51.7 Å². The van der Waals surface area contributed by atoms with Crippen LogP contribution in [0.1, 0.15) is 35.5 Å². The standard InChI is InChI=1S/C22H21ClN4O5S/c1-11-8-14(13(3)31-17-6-7-18(23)27-22(17)33(24,29)30)21-15(9-11)19(28)12(2)20(32-21)16(26-5)10-25-4/h6-10,13H,4-5H2,1-3H3,(H2,24,29,30)/b16-10-. The van der Waals surface area contributed by atoms with Crippen LogP contribution in [0.25, 0.3) is 16.7 Å². The molecule has 2 N–H and O–H groups in total. The van der Waals surface area contributed by atoms with Crippen molar-refractivity contribution in [2.75, 3.05) is 0 Å². The summed E-state index contributed by atoms with van der Waals surface area (Å²) in [5.74, 6) is 0.0912. The lowest BCUT2D eigenvalue weighted by Crippen LogP contribution is -2.17. The SMILES string of the molecule is C=N/C=C(\N=C)c1oc2c(C(C)Oc3ccc(Cl)nc3S(N)(=O)=O)cc(C)cc2c(=O)c1C. The van der Waals surface area contributed by atoms with E-state index in [1.165, 1.54) is 18.3 Å². The van der Waals surface area contributed by atoms with Gasteiger partial charge in [-0.3, -0.25) is 14.8 Å². The maximum Gasteiger partial charge on any atom is 0.259 e. The maximum atomic E-state index is 13.1. The number of pyridine rings is 1. The van der Waals surface area contributed by atoms with Gasteiger partial charge >= 0.3 is 0 Å². The van der Waals surface area contributed by atoms with Crippen LogP contribution < -0.4 is 15.3 Å². The van der Waals surface area contributed by atoms with E-state index < -0.39 is 21.2 Å². The second-order valence-electron chi connectivity index (χ2n) is 7.21. The fourth-order valence-corrected chi connectivity index (χ4v) is 4.14. The number of nitrogens with zero attached hydrogens (tertiary/aromatic N) is 3. The van der Waals surface area contributed by atoms with E-state index in [9.17, 15) is 13.2 Å². The molecule has 0 fully saturated rings. The van der Waals surface area contributed by atoms with E-state index in [4.69, 9.17) is 25.9 Å². The summed E-state index contributed by atoms with van der Waals surface area (Å²) in [5, 5.41) is 5.03. The van der Waals surface area contributed by atoms with Crippen molar-refractivity contribution in [3.8, 4) is 5.75 Å². The Morgan fingerprint density at radius 3 is 2.61 bits per heavy atom. The number of rotatable bonds is 7. The Hall–Kier alpha value is -3.34. The number of benzene rings is 1. The van der Waals surface area contributed by atoms with Crippen molar-refractivity contribution in [1.82, 2.24) is 4.98 Å². The lowest BCUT2D eigenvalue weighted by Gasteiger charge is -2.19. The predicted molar refractivity (Wildman–Crippen MR) is 129 cm³/mol. The number of fused-ring (bicyclic) bond motifs is 1. The predicted octanol–water partition coefficient (Wildman–Crippen LogP) is 3.95. The Bertz CT molecular complexity index is 1480. The number of hydrogen-bond acceptors (Lipinski definition) is 8. The van der Waals surface area contributed by atoms with Crippen molar-refractivity contribution in [3.05, 3.63) is 68.3 Å². The van der Waals surface area contributed by atoms with Crippen LogP contribution in [0, 0.1) is 13.8 Å². The van der Waals surface area contributed by atoms with Crippen molar-refractivity contribution in [2.24, 2.45) is 15.1 Å². The molecule has 0 amide bonds. The van der Waals surface area contributed by atoms with Gasteiger partial charge in [-0.1, -0.05) is 11.6 Å². The highest BCUT2D eigenvalue weighted by atomic mass is 35.5. The van der Waals surface area contributed by atoms with Gasteiger partial charge < -0.3 is 9.15 Å². The van der Waals surface area contributed by atoms with Crippen LogP contribution in [-0.4, -0.2) is 26.8 Å². The summed E-state index contributed by atoms with van der Waals surface area (Å²) in [4.78, 5) is 24.5. The number of sulfonamides is 1. The molecule has 0 bridgehead atoms. The topological polar surface area (TPSA) is 137 Å².